The van der Waals surface area contributed by atoms with E-state index in [0.717, 1.165) is 30.0 Å². The SMILES string of the molecule is C=CC(=C)C(CC1CC1)NC(=C)C1CCCN1C.C=CC(NC(C(=C)C1=CCCC=C1)C1CCCCC1)C(C)(C)C.C=CN. The first-order valence-electron chi connectivity index (χ1n) is 17.2. The molecule has 0 aromatic heterocycles. The maximum Gasteiger partial charge on any atom is 0.0507 e. The van der Waals surface area contributed by atoms with Crippen molar-refractivity contribution in [2.45, 2.75) is 122 Å². The first-order valence-corrected chi connectivity index (χ1v) is 17.2. The third-order valence-electron chi connectivity index (χ3n) is 9.65. The Morgan fingerprint density at radius 3 is 2.14 bits per heavy atom. The lowest BCUT2D eigenvalue weighted by Gasteiger charge is -2.39. The normalized spacial score (nSPS) is 22.5. The third kappa shape index (κ3) is 12.4. The van der Waals surface area contributed by atoms with Crippen molar-refractivity contribution in [1.82, 2.24) is 15.5 Å². The summed E-state index contributed by atoms with van der Waals surface area (Å²) in [6.07, 6.45) is 27.6. The van der Waals surface area contributed by atoms with Crippen molar-refractivity contribution in [2.75, 3.05) is 13.6 Å². The highest BCUT2D eigenvalue weighted by atomic mass is 15.2. The fourth-order valence-corrected chi connectivity index (χ4v) is 6.69. The van der Waals surface area contributed by atoms with E-state index in [-0.39, 0.29) is 5.41 Å². The molecule has 4 heteroatoms. The number of hydrogen-bond donors (Lipinski definition) is 3. The summed E-state index contributed by atoms with van der Waals surface area (Å²) in [6, 6.07) is 1.49. The third-order valence-corrected chi connectivity index (χ3v) is 9.65. The summed E-state index contributed by atoms with van der Waals surface area (Å²) in [4.78, 5) is 2.39. The predicted molar refractivity (Wildman–Crippen MR) is 195 cm³/mol. The van der Waals surface area contributed by atoms with E-state index in [2.05, 4.69) is 113 Å². The molecule has 1 saturated heterocycles. The average Bonchev–Trinajstić information content (AvgIpc) is 3.73. The van der Waals surface area contributed by atoms with E-state index >= 15 is 0 Å². The van der Waals surface area contributed by atoms with Crippen molar-refractivity contribution in [1.29, 1.82) is 0 Å². The molecule has 2 saturated carbocycles. The average molecular weight is 603 g/mol. The van der Waals surface area contributed by atoms with Gasteiger partial charge in [0.05, 0.1) is 6.04 Å². The van der Waals surface area contributed by atoms with E-state index in [1.54, 1.807) is 0 Å². The number of rotatable bonds is 13. The number of nitrogens with two attached hydrogens (primary N) is 1. The zero-order valence-corrected chi connectivity index (χ0v) is 28.9. The van der Waals surface area contributed by atoms with Crippen LogP contribution in [0.15, 0.2) is 98.5 Å². The van der Waals surface area contributed by atoms with Gasteiger partial charge in [-0.15, -0.1) is 6.58 Å². The van der Waals surface area contributed by atoms with Gasteiger partial charge in [0.15, 0.2) is 0 Å². The topological polar surface area (TPSA) is 53.3 Å². The molecule has 0 aromatic carbocycles. The van der Waals surface area contributed by atoms with Crippen LogP contribution in [0, 0.1) is 17.3 Å². The minimum Gasteiger partial charge on any atom is -0.405 e. The summed E-state index contributed by atoms with van der Waals surface area (Å²) in [7, 11) is 2.18. The molecule has 1 aliphatic heterocycles. The van der Waals surface area contributed by atoms with Crippen LogP contribution >= 0.6 is 0 Å². The first-order chi connectivity index (χ1) is 21.0. The molecule has 4 N–H and O–H groups in total. The van der Waals surface area contributed by atoms with Gasteiger partial charge in [-0.3, -0.25) is 4.90 Å². The molecule has 0 spiro atoms. The lowest BCUT2D eigenvalue weighted by Crippen LogP contribution is -2.49. The Morgan fingerprint density at radius 1 is 1.00 bits per heavy atom. The number of nitrogens with one attached hydrogen (secondary N) is 2. The summed E-state index contributed by atoms with van der Waals surface area (Å²) in [5.74, 6) is 1.59. The molecule has 4 nitrogen and oxygen atoms in total. The van der Waals surface area contributed by atoms with Crippen LogP contribution in [-0.2, 0) is 0 Å². The van der Waals surface area contributed by atoms with Gasteiger partial charge in [-0.1, -0.05) is 116 Å². The molecule has 1 heterocycles. The van der Waals surface area contributed by atoms with E-state index in [0.29, 0.717) is 30.1 Å². The van der Waals surface area contributed by atoms with Crippen LogP contribution in [0.1, 0.15) is 97.8 Å². The predicted octanol–water partition coefficient (Wildman–Crippen LogP) is 9.14. The van der Waals surface area contributed by atoms with Crippen molar-refractivity contribution >= 4 is 0 Å². The van der Waals surface area contributed by atoms with E-state index in [1.165, 1.54) is 88.1 Å². The van der Waals surface area contributed by atoms with Gasteiger partial charge < -0.3 is 16.4 Å². The van der Waals surface area contributed by atoms with E-state index < -0.39 is 0 Å². The highest BCUT2D eigenvalue weighted by Crippen LogP contribution is 2.36. The van der Waals surface area contributed by atoms with Gasteiger partial charge in [0.25, 0.3) is 0 Å². The second kappa shape index (κ2) is 19.1. The monoisotopic (exact) mass is 603 g/mol. The molecule has 4 aliphatic rings. The molecule has 0 bridgehead atoms. The first kappa shape index (κ1) is 37.6. The number of likely N-dealkylation sites (N-methyl/N-ethyl adjacent to an activating group) is 1. The number of nitrogens with zero attached hydrogens (tertiary/aromatic N) is 1. The molecular weight excluding hydrogens is 536 g/mol. The van der Waals surface area contributed by atoms with Crippen LogP contribution in [-0.4, -0.2) is 42.7 Å². The van der Waals surface area contributed by atoms with Gasteiger partial charge in [-0.2, -0.15) is 0 Å². The molecule has 3 fully saturated rings. The van der Waals surface area contributed by atoms with Gasteiger partial charge in [0.1, 0.15) is 0 Å². The summed E-state index contributed by atoms with van der Waals surface area (Å²) >= 11 is 0. The Kier molecular flexibility index (Phi) is 16.3. The lowest BCUT2D eigenvalue weighted by atomic mass is 9.77. The van der Waals surface area contributed by atoms with Crippen LogP contribution in [0.25, 0.3) is 0 Å². The summed E-state index contributed by atoms with van der Waals surface area (Å²) < 4.78 is 0. The van der Waals surface area contributed by atoms with Gasteiger partial charge in [0.2, 0.25) is 0 Å². The van der Waals surface area contributed by atoms with E-state index in [9.17, 15) is 0 Å². The second-order valence-corrected chi connectivity index (χ2v) is 14.3. The molecule has 246 valence electrons. The standard InChI is InChI=1S/C22H35N.C16H26N2.C2H5N/c1-6-20(22(3,4)5)23-21(19-15-11-8-12-16-19)17(2)18-13-9-7-10-14-18;1-5-12(2)15(11-14-8-9-14)17-13(3)16-7-6-10-18(16)4;1-2-3/h6,9,13-14,19-21,23H,1-2,7-8,10-12,15-16H2,3-5H3;5,14-17H,1-3,6-11H2,4H3;2H,1,3H2. The van der Waals surface area contributed by atoms with Crippen molar-refractivity contribution in [3.63, 3.8) is 0 Å². The molecule has 0 aromatic rings. The van der Waals surface area contributed by atoms with Crippen molar-refractivity contribution < 1.29 is 0 Å². The quantitative estimate of drug-likeness (QED) is 0.145. The zero-order chi connectivity index (χ0) is 32.7. The lowest BCUT2D eigenvalue weighted by molar-refractivity contribution is 0.236. The van der Waals surface area contributed by atoms with Crippen molar-refractivity contribution in [3.05, 3.63) is 98.5 Å². The van der Waals surface area contributed by atoms with Crippen LogP contribution < -0.4 is 16.4 Å². The number of likely N-dealkylation sites (tertiary alicyclic amines) is 1. The van der Waals surface area contributed by atoms with Crippen LogP contribution in [0.3, 0.4) is 0 Å². The summed E-state index contributed by atoms with van der Waals surface area (Å²) in [5.41, 5.74) is 9.67. The van der Waals surface area contributed by atoms with E-state index in [4.69, 9.17) is 0 Å². The minimum atomic E-state index is 0.172. The molecule has 4 unspecified atom stereocenters. The van der Waals surface area contributed by atoms with Crippen LogP contribution in [0.5, 0.6) is 0 Å². The van der Waals surface area contributed by atoms with E-state index in [1.807, 2.05) is 6.08 Å². The Hall–Kier alpha value is -2.56. The fraction of sp³-hybridized carbons (Fsp3) is 0.600. The maximum atomic E-state index is 4.61. The molecular formula is C40H66N4. The number of hydrogen-bond acceptors (Lipinski definition) is 4. The highest BCUT2D eigenvalue weighted by molar-refractivity contribution is 5.43. The molecule has 0 amide bonds. The Labute approximate surface area is 272 Å². The molecule has 4 atom stereocenters. The van der Waals surface area contributed by atoms with Crippen LogP contribution in [0.2, 0.25) is 0 Å². The Morgan fingerprint density at radius 2 is 1.66 bits per heavy atom. The fourth-order valence-electron chi connectivity index (χ4n) is 6.69. The highest BCUT2D eigenvalue weighted by Gasteiger charge is 2.32. The van der Waals surface area contributed by atoms with Crippen molar-refractivity contribution in [2.24, 2.45) is 23.0 Å². The summed E-state index contributed by atoms with van der Waals surface area (Å²) in [6.45, 7) is 32.0. The van der Waals surface area contributed by atoms with Crippen molar-refractivity contribution in [3.8, 4) is 0 Å². The van der Waals surface area contributed by atoms with Gasteiger partial charge in [0, 0.05) is 23.8 Å². The second-order valence-electron chi connectivity index (χ2n) is 14.3. The van der Waals surface area contributed by atoms with Gasteiger partial charge >= 0.3 is 0 Å². The molecule has 4 rings (SSSR count). The van der Waals surface area contributed by atoms with Gasteiger partial charge in [-0.25, -0.2) is 0 Å². The molecule has 3 aliphatic carbocycles. The molecule has 0 radical (unpaired) electrons. The molecule has 44 heavy (non-hydrogen) atoms. The Bertz CT molecular complexity index is 1010. The van der Waals surface area contributed by atoms with Crippen LogP contribution in [0.4, 0.5) is 0 Å². The minimum absolute atomic E-state index is 0.172. The van der Waals surface area contributed by atoms with Gasteiger partial charge in [-0.05, 0) is 98.7 Å². The largest absolute Gasteiger partial charge is 0.405 e. The smallest absolute Gasteiger partial charge is 0.0507 e. The zero-order valence-electron chi connectivity index (χ0n) is 28.9. The summed E-state index contributed by atoms with van der Waals surface area (Å²) in [5, 5.41) is 7.52. The number of allylic oxidation sites excluding steroid dienone is 3. The Balaban J connectivity index is 0.000000288. The maximum absolute atomic E-state index is 4.61.